The molecule has 0 radical (unpaired) electrons. The zero-order valence-electron chi connectivity index (χ0n) is 19.2. The van der Waals surface area contributed by atoms with E-state index in [1.165, 1.54) is 37.7 Å². The van der Waals surface area contributed by atoms with Crippen molar-refractivity contribution in [3.8, 4) is 5.75 Å². The number of aliphatic imine (C=N–C) groups is 1. The number of likely N-dealkylation sites (tertiary alicyclic amines) is 1. The second-order valence-corrected chi connectivity index (χ2v) is 8.51. The molecule has 0 aromatic heterocycles. The Bertz CT molecular complexity index is 712. The first kappa shape index (κ1) is 23.4. The Morgan fingerprint density at radius 3 is 2.65 bits per heavy atom. The van der Waals surface area contributed by atoms with Crippen molar-refractivity contribution in [2.75, 3.05) is 39.8 Å². The highest BCUT2D eigenvalue weighted by Gasteiger charge is 2.24. The van der Waals surface area contributed by atoms with Gasteiger partial charge in [-0.05, 0) is 63.4 Å². The van der Waals surface area contributed by atoms with Gasteiger partial charge < -0.3 is 20.7 Å². The van der Waals surface area contributed by atoms with Gasteiger partial charge in [0.1, 0.15) is 12.3 Å². The second kappa shape index (κ2) is 12.5. The van der Waals surface area contributed by atoms with E-state index in [0.29, 0.717) is 12.0 Å². The fourth-order valence-electron chi connectivity index (χ4n) is 4.57. The van der Waals surface area contributed by atoms with E-state index in [4.69, 9.17) is 4.74 Å². The third-order valence-corrected chi connectivity index (χ3v) is 6.22. The highest BCUT2D eigenvalue weighted by Crippen LogP contribution is 2.27. The van der Waals surface area contributed by atoms with Crippen LogP contribution in [-0.2, 0) is 4.79 Å². The van der Waals surface area contributed by atoms with E-state index in [-0.39, 0.29) is 18.5 Å². The average molecular weight is 430 g/mol. The van der Waals surface area contributed by atoms with Crippen LogP contribution in [0.1, 0.15) is 63.5 Å². The van der Waals surface area contributed by atoms with Crippen molar-refractivity contribution in [3.63, 3.8) is 0 Å². The monoisotopic (exact) mass is 429 g/mol. The number of carbonyl (C=O) groups excluding carboxylic acids is 1. The number of nitrogens with zero attached hydrogens (tertiary/aromatic N) is 2. The largest absolute Gasteiger partial charge is 0.497 e. The van der Waals surface area contributed by atoms with Crippen molar-refractivity contribution in [2.24, 2.45) is 4.99 Å². The summed E-state index contributed by atoms with van der Waals surface area (Å²) >= 11 is 0. The molecule has 1 heterocycles. The van der Waals surface area contributed by atoms with Crippen LogP contribution in [0.15, 0.2) is 29.3 Å². The molecule has 1 amide bonds. The molecule has 1 aliphatic carbocycles. The molecule has 2 fully saturated rings. The Kier molecular flexibility index (Phi) is 9.46. The molecule has 7 nitrogen and oxygen atoms in total. The van der Waals surface area contributed by atoms with E-state index in [2.05, 4.69) is 38.0 Å². The van der Waals surface area contributed by atoms with Crippen LogP contribution in [0, 0.1) is 0 Å². The van der Waals surface area contributed by atoms with Crippen LogP contribution < -0.4 is 20.7 Å². The van der Waals surface area contributed by atoms with Crippen LogP contribution >= 0.6 is 0 Å². The van der Waals surface area contributed by atoms with Gasteiger partial charge in [-0.1, -0.05) is 31.4 Å². The van der Waals surface area contributed by atoms with Crippen molar-refractivity contribution < 1.29 is 9.53 Å². The molecule has 1 unspecified atom stereocenters. The van der Waals surface area contributed by atoms with Crippen LogP contribution in [0.2, 0.25) is 0 Å². The summed E-state index contributed by atoms with van der Waals surface area (Å²) in [5, 5.41) is 9.89. The van der Waals surface area contributed by atoms with Gasteiger partial charge in [0.15, 0.2) is 5.96 Å². The predicted molar refractivity (Wildman–Crippen MR) is 126 cm³/mol. The molecule has 1 saturated carbocycles. The van der Waals surface area contributed by atoms with E-state index >= 15 is 0 Å². The second-order valence-electron chi connectivity index (χ2n) is 8.51. The highest BCUT2D eigenvalue weighted by atomic mass is 16.5. The average Bonchev–Trinajstić information content (AvgIpc) is 3.33. The summed E-state index contributed by atoms with van der Waals surface area (Å²) in [7, 11) is 1.70. The third kappa shape index (κ3) is 7.42. The maximum Gasteiger partial charge on any atom is 0.242 e. The number of hydrogen-bond donors (Lipinski definition) is 3. The van der Waals surface area contributed by atoms with E-state index in [1.807, 2.05) is 19.1 Å². The van der Waals surface area contributed by atoms with Crippen LogP contribution in [-0.4, -0.2) is 62.6 Å². The van der Waals surface area contributed by atoms with E-state index in [1.54, 1.807) is 7.11 Å². The Morgan fingerprint density at radius 2 is 1.94 bits per heavy atom. The highest BCUT2D eigenvalue weighted by molar-refractivity contribution is 5.85. The van der Waals surface area contributed by atoms with Gasteiger partial charge >= 0.3 is 0 Å². The first-order chi connectivity index (χ1) is 15.2. The maximum atomic E-state index is 12.4. The van der Waals surface area contributed by atoms with E-state index in [0.717, 1.165) is 44.8 Å². The van der Waals surface area contributed by atoms with Crippen molar-refractivity contribution in [1.82, 2.24) is 20.9 Å². The first-order valence-corrected chi connectivity index (χ1v) is 11.9. The number of hydrogen-bond acceptors (Lipinski definition) is 4. The van der Waals surface area contributed by atoms with Crippen molar-refractivity contribution in [3.05, 3.63) is 29.8 Å². The van der Waals surface area contributed by atoms with Gasteiger partial charge in [0, 0.05) is 19.1 Å². The summed E-state index contributed by atoms with van der Waals surface area (Å²) in [6.07, 6.45) is 8.34. The summed E-state index contributed by atoms with van der Waals surface area (Å²) in [6.45, 7) is 5.87. The topological polar surface area (TPSA) is 78.0 Å². The van der Waals surface area contributed by atoms with Crippen molar-refractivity contribution in [1.29, 1.82) is 0 Å². The smallest absolute Gasteiger partial charge is 0.242 e. The zero-order valence-corrected chi connectivity index (χ0v) is 19.2. The lowest BCUT2D eigenvalue weighted by molar-refractivity contribution is -0.120. The summed E-state index contributed by atoms with van der Waals surface area (Å²) in [5.41, 5.74) is 1.24. The molecule has 0 bridgehead atoms. The van der Waals surface area contributed by atoms with E-state index < -0.39 is 0 Å². The number of ether oxygens (including phenoxy) is 1. The number of methoxy groups -OCH3 is 1. The molecule has 172 valence electrons. The standard InChI is InChI=1S/C24H39N5O2/c1-3-25-24(27-18-23(30)28-20-11-5-4-6-12-20)26-17-22(29-14-7-8-15-29)19-10-9-13-21(16-19)31-2/h9-10,13,16,20,22H,3-8,11-12,14-15,17-18H2,1-2H3,(H,28,30)(H2,25,26,27). The zero-order chi connectivity index (χ0) is 21.9. The predicted octanol–water partition coefficient (Wildman–Crippen LogP) is 2.84. The van der Waals surface area contributed by atoms with Gasteiger partial charge in [-0.2, -0.15) is 0 Å². The number of rotatable bonds is 9. The van der Waals surface area contributed by atoms with Crippen LogP contribution in [0.25, 0.3) is 0 Å². The number of amides is 1. The van der Waals surface area contributed by atoms with Crippen LogP contribution in [0.3, 0.4) is 0 Å². The number of benzene rings is 1. The minimum absolute atomic E-state index is 0.00740. The molecule has 3 rings (SSSR count). The Hall–Kier alpha value is -2.28. The van der Waals surface area contributed by atoms with Crippen molar-refractivity contribution >= 4 is 11.9 Å². The number of carbonyl (C=O) groups is 1. The molecule has 1 saturated heterocycles. The lowest BCUT2D eigenvalue weighted by Crippen LogP contribution is -2.43. The summed E-state index contributed by atoms with van der Waals surface area (Å²) < 4.78 is 5.44. The first-order valence-electron chi connectivity index (χ1n) is 11.9. The van der Waals surface area contributed by atoms with Crippen molar-refractivity contribution in [2.45, 2.75) is 64.0 Å². The SMILES string of the molecule is CCNC(=NCC(=O)NC1CCCCC1)NCC(c1cccc(OC)c1)N1CCCC1. The minimum Gasteiger partial charge on any atom is -0.497 e. The summed E-state index contributed by atoms with van der Waals surface area (Å²) in [4.78, 5) is 19.4. The fraction of sp³-hybridized carbons (Fsp3) is 0.667. The molecule has 1 aromatic rings. The third-order valence-electron chi connectivity index (χ3n) is 6.22. The fourth-order valence-corrected chi connectivity index (χ4v) is 4.57. The van der Waals surface area contributed by atoms with Gasteiger partial charge in [-0.25, -0.2) is 4.99 Å². The molecular weight excluding hydrogens is 390 g/mol. The quantitative estimate of drug-likeness (QED) is 0.416. The lowest BCUT2D eigenvalue weighted by Gasteiger charge is -2.29. The van der Waals surface area contributed by atoms with Crippen LogP contribution in [0.5, 0.6) is 5.75 Å². The van der Waals surface area contributed by atoms with Crippen LogP contribution in [0.4, 0.5) is 0 Å². The van der Waals surface area contributed by atoms with Gasteiger partial charge in [0.05, 0.1) is 13.2 Å². The molecular formula is C24H39N5O2. The molecule has 1 atom stereocenters. The molecule has 7 heteroatoms. The van der Waals surface area contributed by atoms with Gasteiger partial charge in [-0.3, -0.25) is 9.69 Å². The molecule has 1 aromatic carbocycles. The van der Waals surface area contributed by atoms with Gasteiger partial charge in [-0.15, -0.1) is 0 Å². The summed E-state index contributed by atoms with van der Waals surface area (Å²) in [5.74, 6) is 1.57. The van der Waals surface area contributed by atoms with Gasteiger partial charge in [0.2, 0.25) is 5.91 Å². The molecule has 2 aliphatic rings. The van der Waals surface area contributed by atoms with E-state index in [9.17, 15) is 4.79 Å². The molecule has 31 heavy (non-hydrogen) atoms. The maximum absolute atomic E-state index is 12.4. The molecule has 3 N–H and O–H groups in total. The normalized spacial score (nSPS) is 19.1. The number of nitrogens with one attached hydrogen (secondary N) is 3. The lowest BCUT2D eigenvalue weighted by atomic mass is 9.95. The Morgan fingerprint density at radius 1 is 1.16 bits per heavy atom. The Balaban J connectivity index is 1.60. The summed E-state index contributed by atoms with van der Waals surface area (Å²) in [6, 6.07) is 8.86. The van der Waals surface area contributed by atoms with Gasteiger partial charge in [0.25, 0.3) is 0 Å². The molecule has 0 spiro atoms. The Labute approximate surface area is 187 Å². The number of guanidine groups is 1. The minimum atomic E-state index is 0.00740. The molecule has 1 aliphatic heterocycles.